The zero-order valence-electron chi connectivity index (χ0n) is 11.9. The van der Waals surface area contributed by atoms with E-state index >= 15 is 0 Å². The van der Waals surface area contributed by atoms with E-state index in [2.05, 4.69) is 44.3 Å². The number of rotatable bonds is 6. The maximum Gasteiger partial charge on any atom is 0.0701 e. The Hall–Kier alpha value is -0.620. The summed E-state index contributed by atoms with van der Waals surface area (Å²) in [6.45, 7) is 3.45. The highest BCUT2D eigenvalue weighted by atomic mass is 79.9. The number of anilines is 1. The lowest BCUT2D eigenvalue weighted by atomic mass is 10.1. The number of hydrogen-bond donors (Lipinski definition) is 2. The van der Waals surface area contributed by atoms with Gasteiger partial charge in [-0.15, -0.1) is 0 Å². The number of hydrogen-bond acceptors (Lipinski definition) is 4. The van der Waals surface area contributed by atoms with Crippen molar-refractivity contribution in [2.24, 2.45) is 0 Å². The molecule has 4 nitrogen and oxygen atoms in total. The first-order valence-electron chi connectivity index (χ1n) is 7.15. The van der Waals surface area contributed by atoms with E-state index in [0.717, 1.165) is 36.9 Å². The molecule has 1 fully saturated rings. The van der Waals surface area contributed by atoms with Crippen LogP contribution in [0.4, 0.5) is 5.69 Å². The van der Waals surface area contributed by atoms with E-state index in [1.807, 2.05) is 7.05 Å². The van der Waals surface area contributed by atoms with Crippen LogP contribution in [0, 0.1) is 0 Å². The van der Waals surface area contributed by atoms with Crippen LogP contribution in [0.15, 0.2) is 22.7 Å². The van der Waals surface area contributed by atoms with Gasteiger partial charge in [0, 0.05) is 29.8 Å². The van der Waals surface area contributed by atoms with E-state index in [9.17, 15) is 0 Å². The number of nitrogens with zero attached hydrogens (tertiary/aromatic N) is 1. The largest absolute Gasteiger partial charge is 0.394 e. The maximum absolute atomic E-state index is 8.78. The molecule has 0 atom stereocenters. The highest BCUT2D eigenvalue weighted by Gasteiger charge is 2.20. The van der Waals surface area contributed by atoms with E-state index in [4.69, 9.17) is 9.84 Å². The van der Waals surface area contributed by atoms with Crippen LogP contribution in [0.3, 0.4) is 0 Å². The summed E-state index contributed by atoms with van der Waals surface area (Å²) in [6, 6.07) is 6.55. The standard InChI is InChI=1S/C15H23BrN2O2/c1-17-11-12-2-3-13(10-15(12)16)18-6-4-14(5-7-18)20-9-8-19/h2-3,10,14,17,19H,4-9,11H2,1H3. The van der Waals surface area contributed by atoms with Crippen LogP contribution in [0.1, 0.15) is 18.4 Å². The van der Waals surface area contributed by atoms with Crippen molar-refractivity contribution >= 4 is 21.6 Å². The topological polar surface area (TPSA) is 44.7 Å². The van der Waals surface area contributed by atoms with Gasteiger partial charge in [0.15, 0.2) is 0 Å². The number of benzene rings is 1. The number of ether oxygens (including phenoxy) is 1. The molecular formula is C15H23BrN2O2. The highest BCUT2D eigenvalue weighted by molar-refractivity contribution is 9.10. The summed E-state index contributed by atoms with van der Waals surface area (Å²) in [5, 5.41) is 12.0. The van der Waals surface area contributed by atoms with Gasteiger partial charge in [-0.25, -0.2) is 0 Å². The second-order valence-electron chi connectivity index (χ2n) is 5.09. The normalized spacial score (nSPS) is 16.6. The zero-order valence-corrected chi connectivity index (χ0v) is 13.5. The number of halogens is 1. The van der Waals surface area contributed by atoms with Crippen LogP contribution in [0.25, 0.3) is 0 Å². The lowest BCUT2D eigenvalue weighted by Crippen LogP contribution is -2.37. The van der Waals surface area contributed by atoms with E-state index in [0.29, 0.717) is 12.7 Å². The molecule has 1 aliphatic heterocycles. The summed E-state index contributed by atoms with van der Waals surface area (Å²) in [5.74, 6) is 0. The van der Waals surface area contributed by atoms with Crippen molar-refractivity contribution in [3.05, 3.63) is 28.2 Å². The summed E-state index contributed by atoms with van der Waals surface area (Å²) in [4.78, 5) is 2.40. The predicted octanol–water partition coefficient (Wildman–Crippen LogP) is 2.15. The van der Waals surface area contributed by atoms with Gasteiger partial charge in [-0.2, -0.15) is 0 Å². The molecule has 1 aliphatic rings. The molecule has 5 heteroatoms. The van der Waals surface area contributed by atoms with Gasteiger partial charge in [0.2, 0.25) is 0 Å². The number of piperidine rings is 1. The van der Waals surface area contributed by atoms with Gasteiger partial charge >= 0.3 is 0 Å². The van der Waals surface area contributed by atoms with Crippen LogP contribution in [-0.2, 0) is 11.3 Å². The summed E-state index contributed by atoms with van der Waals surface area (Å²) < 4.78 is 6.75. The predicted molar refractivity (Wildman–Crippen MR) is 85.2 cm³/mol. The third-order valence-electron chi connectivity index (χ3n) is 3.66. The first-order valence-corrected chi connectivity index (χ1v) is 7.94. The van der Waals surface area contributed by atoms with Crippen molar-refractivity contribution in [1.29, 1.82) is 0 Å². The number of nitrogens with one attached hydrogen (secondary N) is 1. The zero-order chi connectivity index (χ0) is 14.4. The van der Waals surface area contributed by atoms with Gasteiger partial charge in [0.05, 0.1) is 19.3 Å². The van der Waals surface area contributed by atoms with E-state index in [1.54, 1.807) is 0 Å². The summed E-state index contributed by atoms with van der Waals surface area (Å²) in [6.07, 6.45) is 2.34. The maximum atomic E-state index is 8.78. The fraction of sp³-hybridized carbons (Fsp3) is 0.600. The average molecular weight is 343 g/mol. The average Bonchev–Trinajstić information content (AvgIpc) is 2.48. The summed E-state index contributed by atoms with van der Waals surface area (Å²) >= 11 is 3.64. The molecule has 0 unspecified atom stereocenters. The van der Waals surface area contributed by atoms with Crippen molar-refractivity contribution in [2.75, 3.05) is 38.3 Å². The van der Waals surface area contributed by atoms with Crippen molar-refractivity contribution in [2.45, 2.75) is 25.5 Å². The third kappa shape index (κ3) is 4.19. The Morgan fingerprint density at radius 2 is 2.15 bits per heavy atom. The molecule has 20 heavy (non-hydrogen) atoms. The third-order valence-corrected chi connectivity index (χ3v) is 4.39. The molecule has 1 aromatic rings. The molecule has 0 aliphatic carbocycles. The van der Waals surface area contributed by atoms with Crippen LogP contribution in [-0.4, -0.2) is 44.6 Å². The Morgan fingerprint density at radius 3 is 2.75 bits per heavy atom. The van der Waals surface area contributed by atoms with Gasteiger partial charge in [0.1, 0.15) is 0 Å². The minimum atomic E-state index is 0.111. The van der Waals surface area contributed by atoms with E-state index in [-0.39, 0.29) is 6.61 Å². The molecule has 1 aromatic carbocycles. The Kier molecular flexibility index (Phi) is 6.29. The van der Waals surface area contributed by atoms with Crippen molar-refractivity contribution < 1.29 is 9.84 Å². The Morgan fingerprint density at radius 1 is 1.40 bits per heavy atom. The van der Waals surface area contributed by atoms with Crippen LogP contribution in [0.2, 0.25) is 0 Å². The van der Waals surface area contributed by atoms with Gasteiger partial charge < -0.3 is 20.1 Å². The molecular weight excluding hydrogens is 320 g/mol. The first kappa shape index (κ1) is 15.8. The molecule has 0 bridgehead atoms. The smallest absolute Gasteiger partial charge is 0.0701 e. The molecule has 112 valence electrons. The van der Waals surface area contributed by atoms with Gasteiger partial charge in [-0.1, -0.05) is 22.0 Å². The highest BCUT2D eigenvalue weighted by Crippen LogP contribution is 2.27. The molecule has 1 heterocycles. The Labute approximate surface area is 129 Å². The second kappa shape index (κ2) is 7.98. The number of aliphatic hydroxyl groups excluding tert-OH is 1. The van der Waals surface area contributed by atoms with Gasteiger partial charge in [-0.3, -0.25) is 0 Å². The number of aliphatic hydroxyl groups is 1. The first-order chi connectivity index (χ1) is 9.74. The Bertz CT molecular complexity index is 420. The SMILES string of the molecule is CNCc1ccc(N2CCC(OCCO)CC2)cc1Br. The molecule has 0 spiro atoms. The molecule has 0 saturated carbocycles. The molecule has 0 amide bonds. The van der Waals surface area contributed by atoms with E-state index < -0.39 is 0 Å². The fourth-order valence-corrected chi connectivity index (χ4v) is 3.07. The van der Waals surface area contributed by atoms with Crippen LogP contribution in [0.5, 0.6) is 0 Å². The molecule has 2 rings (SSSR count). The lowest BCUT2D eigenvalue weighted by molar-refractivity contribution is 0.0159. The quantitative estimate of drug-likeness (QED) is 0.831. The minimum absolute atomic E-state index is 0.111. The van der Waals surface area contributed by atoms with Crippen LogP contribution >= 0.6 is 15.9 Å². The fourth-order valence-electron chi connectivity index (χ4n) is 2.57. The van der Waals surface area contributed by atoms with Crippen molar-refractivity contribution in [3.63, 3.8) is 0 Å². The lowest BCUT2D eigenvalue weighted by Gasteiger charge is -2.33. The van der Waals surface area contributed by atoms with Gasteiger partial charge in [-0.05, 0) is 37.6 Å². The van der Waals surface area contributed by atoms with Crippen LogP contribution < -0.4 is 10.2 Å². The Balaban J connectivity index is 1.91. The molecule has 0 radical (unpaired) electrons. The molecule has 2 N–H and O–H groups in total. The second-order valence-corrected chi connectivity index (χ2v) is 5.94. The molecule has 1 saturated heterocycles. The summed E-state index contributed by atoms with van der Waals surface area (Å²) in [5.41, 5.74) is 2.54. The summed E-state index contributed by atoms with van der Waals surface area (Å²) in [7, 11) is 1.96. The minimum Gasteiger partial charge on any atom is -0.394 e. The van der Waals surface area contributed by atoms with Gasteiger partial charge in [0.25, 0.3) is 0 Å². The van der Waals surface area contributed by atoms with Crippen molar-refractivity contribution in [3.8, 4) is 0 Å². The molecule has 0 aromatic heterocycles. The van der Waals surface area contributed by atoms with Crippen molar-refractivity contribution in [1.82, 2.24) is 5.32 Å². The van der Waals surface area contributed by atoms with E-state index in [1.165, 1.54) is 11.3 Å². The monoisotopic (exact) mass is 342 g/mol.